The van der Waals surface area contributed by atoms with Crippen LogP contribution in [-0.4, -0.2) is 32.7 Å². The summed E-state index contributed by atoms with van der Waals surface area (Å²) in [5.41, 5.74) is 1.88. The molecule has 2 heterocycles. The molecule has 11 heteroatoms. The Balaban J connectivity index is 1.73. The van der Waals surface area contributed by atoms with Crippen LogP contribution in [0.2, 0.25) is 0 Å². The summed E-state index contributed by atoms with van der Waals surface area (Å²) < 4.78 is 53.8. The van der Waals surface area contributed by atoms with Crippen molar-refractivity contribution in [2.75, 3.05) is 12.4 Å². The second-order valence-electron chi connectivity index (χ2n) is 6.41. The Labute approximate surface area is 169 Å². The smallest absolute Gasteiger partial charge is 0.471 e. The molecular formula is C18H19F3N4O3S. The highest BCUT2D eigenvalue weighted by Crippen LogP contribution is 2.33. The van der Waals surface area contributed by atoms with Crippen LogP contribution in [0.3, 0.4) is 0 Å². The van der Waals surface area contributed by atoms with Crippen molar-refractivity contribution in [2.24, 2.45) is 0 Å². The van der Waals surface area contributed by atoms with Crippen molar-refractivity contribution in [3.05, 3.63) is 35.0 Å². The van der Waals surface area contributed by atoms with E-state index in [2.05, 4.69) is 24.9 Å². The van der Waals surface area contributed by atoms with Gasteiger partial charge in [0, 0.05) is 5.56 Å². The number of hydrogen-bond acceptors (Lipinski definition) is 8. The number of rotatable bonds is 7. The van der Waals surface area contributed by atoms with Crippen LogP contribution >= 0.6 is 11.8 Å². The van der Waals surface area contributed by atoms with E-state index in [-0.39, 0.29) is 11.7 Å². The van der Waals surface area contributed by atoms with Crippen LogP contribution in [0.5, 0.6) is 5.75 Å². The Kier molecular flexibility index (Phi) is 6.15. The van der Waals surface area contributed by atoms with Gasteiger partial charge >= 0.3 is 12.1 Å². The van der Waals surface area contributed by atoms with E-state index < -0.39 is 12.1 Å². The van der Waals surface area contributed by atoms with Crippen LogP contribution < -0.4 is 4.74 Å². The van der Waals surface area contributed by atoms with E-state index in [0.29, 0.717) is 29.0 Å². The fourth-order valence-electron chi connectivity index (χ4n) is 2.64. The van der Waals surface area contributed by atoms with E-state index in [0.717, 1.165) is 16.9 Å². The normalized spacial score (nSPS) is 12.9. The van der Waals surface area contributed by atoms with Gasteiger partial charge in [-0.15, -0.1) is 10.2 Å². The van der Waals surface area contributed by atoms with Crippen molar-refractivity contribution in [1.29, 1.82) is 0 Å². The zero-order chi connectivity index (χ0) is 21.2. The van der Waals surface area contributed by atoms with Gasteiger partial charge in [0.05, 0.1) is 12.5 Å². The molecule has 1 aromatic carbocycles. The SMILES string of the molecule is CCSc1nnc(C(C)COc2c(C)cc(-c3noc(C(F)(F)F)n3)cc2C)o1. The number of hydrogen-bond donors (Lipinski definition) is 0. The molecule has 2 aromatic heterocycles. The lowest BCUT2D eigenvalue weighted by atomic mass is 10.1. The number of ether oxygens (including phenoxy) is 1. The largest absolute Gasteiger partial charge is 0.492 e. The predicted molar refractivity (Wildman–Crippen MR) is 98.8 cm³/mol. The third kappa shape index (κ3) is 4.89. The average molecular weight is 428 g/mol. The van der Waals surface area contributed by atoms with Gasteiger partial charge < -0.3 is 13.7 Å². The maximum Gasteiger partial charge on any atom is 0.471 e. The first-order valence-electron chi connectivity index (χ1n) is 8.80. The summed E-state index contributed by atoms with van der Waals surface area (Å²) in [7, 11) is 0. The van der Waals surface area contributed by atoms with Gasteiger partial charge in [-0.2, -0.15) is 18.2 Å². The van der Waals surface area contributed by atoms with E-state index in [1.165, 1.54) is 11.8 Å². The molecular weight excluding hydrogens is 409 g/mol. The molecule has 0 aliphatic carbocycles. The number of benzene rings is 1. The molecule has 0 N–H and O–H groups in total. The molecule has 7 nitrogen and oxygen atoms in total. The maximum atomic E-state index is 12.7. The van der Waals surface area contributed by atoms with Crippen LogP contribution in [0.1, 0.15) is 42.7 Å². The molecule has 1 unspecified atom stereocenters. The van der Waals surface area contributed by atoms with E-state index in [9.17, 15) is 13.2 Å². The lowest BCUT2D eigenvalue weighted by Gasteiger charge is -2.15. The standard InChI is InChI=1S/C18H19F3N4O3S/c1-5-29-17-24-23-15(27-17)11(4)8-26-13-9(2)6-12(7-10(13)3)14-22-16(28-25-14)18(19,20)21/h6-7,11H,5,8H2,1-4H3. The first-order chi connectivity index (χ1) is 13.7. The van der Waals surface area contributed by atoms with Crippen molar-refractivity contribution in [1.82, 2.24) is 20.3 Å². The van der Waals surface area contributed by atoms with E-state index in [4.69, 9.17) is 9.15 Å². The van der Waals surface area contributed by atoms with Crippen molar-refractivity contribution in [2.45, 2.75) is 45.0 Å². The van der Waals surface area contributed by atoms with Crippen LogP contribution in [0.15, 0.2) is 26.3 Å². The molecule has 0 bridgehead atoms. The monoisotopic (exact) mass is 428 g/mol. The molecule has 29 heavy (non-hydrogen) atoms. The molecule has 0 saturated heterocycles. The number of nitrogens with zero attached hydrogens (tertiary/aromatic N) is 4. The Morgan fingerprint density at radius 1 is 1.17 bits per heavy atom. The Hall–Kier alpha value is -2.56. The van der Waals surface area contributed by atoms with Gasteiger partial charge in [0.25, 0.3) is 5.22 Å². The quantitative estimate of drug-likeness (QED) is 0.483. The number of thioether (sulfide) groups is 1. The highest BCUT2D eigenvalue weighted by Gasteiger charge is 2.38. The molecule has 1 atom stereocenters. The van der Waals surface area contributed by atoms with E-state index >= 15 is 0 Å². The number of alkyl halides is 3. The van der Waals surface area contributed by atoms with Crippen LogP contribution in [-0.2, 0) is 6.18 Å². The molecule has 0 spiro atoms. The molecule has 0 aliphatic rings. The van der Waals surface area contributed by atoms with E-state index in [1.54, 1.807) is 26.0 Å². The summed E-state index contributed by atoms with van der Waals surface area (Å²) in [4.78, 5) is 3.42. The third-order valence-electron chi connectivity index (χ3n) is 3.98. The molecule has 156 valence electrons. The van der Waals surface area contributed by atoms with Crippen molar-refractivity contribution in [3.63, 3.8) is 0 Å². The van der Waals surface area contributed by atoms with Crippen molar-refractivity contribution < 1.29 is 26.8 Å². The molecule has 0 aliphatic heterocycles. The number of aryl methyl sites for hydroxylation is 2. The summed E-state index contributed by atoms with van der Waals surface area (Å²) in [5.74, 6) is 0.315. The topological polar surface area (TPSA) is 87.1 Å². The van der Waals surface area contributed by atoms with Gasteiger partial charge in [0.2, 0.25) is 11.7 Å². The fraction of sp³-hybridized carbons (Fsp3) is 0.444. The lowest BCUT2D eigenvalue weighted by Crippen LogP contribution is -2.09. The van der Waals surface area contributed by atoms with Crippen molar-refractivity contribution >= 4 is 11.8 Å². The molecule has 0 radical (unpaired) electrons. The highest BCUT2D eigenvalue weighted by molar-refractivity contribution is 7.99. The minimum absolute atomic E-state index is 0.126. The highest BCUT2D eigenvalue weighted by atomic mass is 32.2. The van der Waals surface area contributed by atoms with Crippen LogP contribution in [0.25, 0.3) is 11.4 Å². The van der Waals surface area contributed by atoms with Gasteiger partial charge in [0.15, 0.2) is 0 Å². The predicted octanol–water partition coefficient (Wildman–Crippen LogP) is 5.05. The lowest BCUT2D eigenvalue weighted by molar-refractivity contribution is -0.159. The summed E-state index contributed by atoms with van der Waals surface area (Å²) >= 11 is 1.46. The first-order valence-corrected chi connectivity index (χ1v) is 9.79. The van der Waals surface area contributed by atoms with Gasteiger partial charge in [-0.1, -0.05) is 30.8 Å². The van der Waals surface area contributed by atoms with Crippen molar-refractivity contribution in [3.8, 4) is 17.1 Å². The Morgan fingerprint density at radius 2 is 1.86 bits per heavy atom. The first kappa shape index (κ1) is 21.2. The zero-order valence-corrected chi connectivity index (χ0v) is 17.0. The maximum absolute atomic E-state index is 12.7. The van der Waals surface area contributed by atoms with Crippen LogP contribution in [0.4, 0.5) is 13.2 Å². The molecule has 0 amide bonds. The van der Waals surface area contributed by atoms with Gasteiger partial charge in [0.1, 0.15) is 5.75 Å². The van der Waals surface area contributed by atoms with Gasteiger partial charge in [-0.3, -0.25) is 0 Å². The van der Waals surface area contributed by atoms with E-state index in [1.807, 2.05) is 13.8 Å². The second-order valence-corrected chi connectivity index (χ2v) is 7.63. The number of halogens is 3. The molecule has 3 aromatic rings. The summed E-state index contributed by atoms with van der Waals surface area (Å²) in [6.45, 7) is 7.80. The summed E-state index contributed by atoms with van der Waals surface area (Å²) in [6, 6.07) is 3.31. The minimum atomic E-state index is -4.68. The Bertz CT molecular complexity index is 964. The molecule has 3 rings (SSSR count). The summed E-state index contributed by atoms with van der Waals surface area (Å²) in [5, 5.41) is 11.9. The molecule has 0 saturated carbocycles. The fourth-order valence-corrected chi connectivity index (χ4v) is 3.13. The van der Waals surface area contributed by atoms with Gasteiger partial charge in [-0.25, -0.2) is 0 Å². The third-order valence-corrected chi connectivity index (χ3v) is 4.68. The summed E-state index contributed by atoms with van der Waals surface area (Å²) in [6.07, 6.45) is -4.68. The second kappa shape index (κ2) is 8.44. The number of aromatic nitrogens is 4. The average Bonchev–Trinajstić information content (AvgIpc) is 3.30. The van der Waals surface area contributed by atoms with Gasteiger partial charge in [-0.05, 0) is 42.9 Å². The Morgan fingerprint density at radius 3 is 2.45 bits per heavy atom. The minimum Gasteiger partial charge on any atom is -0.492 e. The van der Waals surface area contributed by atoms with Crippen LogP contribution in [0, 0.1) is 13.8 Å². The zero-order valence-electron chi connectivity index (χ0n) is 16.2. The molecule has 0 fully saturated rings.